The second kappa shape index (κ2) is 8.41. The number of anilines is 1. The SMILES string of the molecule is Cc1nc2ccccc2c(=O)n1-c1ccc(Cl)c(NC(=O)c2cc([N+](=O)[O-])ccc2Cl)c1. The number of non-ortho nitro benzene ring substituents is 1. The number of nitro groups is 1. The normalized spacial score (nSPS) is 10.8. The maximum absolute atomic E-state index is 13.1. The highest BCUT2D eigenvalue weighted by molar-refractivity contribution is 6.36. The third-order valence-electron chi connectivity index (χ3n) is 4.81. The molecule has 3 aromatic carbocycles. The molecule has 0 aliphatic carbocycles. The first-order chi connectivity index (χ1) is 15.3. The Morgan fingerprint density at radius 3 is 2.53 bits per heavy atom. The number of carbonyl (C=O) groups is 1. The van der Waals surface area contributed by atoms with Crippen molar-refractivity contribution >= 4 is 51.4 Å². The molecule has 0 atom stereocenters. The molecule has 0 saturated carbocycles. The summed E-state index contributed by atoms with van der Waals surface area (Å²) in [4.78, 5) is 40.7. The lowest BCUT2D eigenvalue weighted by atomic mass is 10.1. The molecule has 0 aliphatic heterocycles. The molecule has 1 amide bonds. The van der Waals surface area contributed by atoms with Gasteiger partial charge >= 0.3 is 0 Å². The summed E-state index contributed by atoms with van der Waals surface area (Å²) in [5, 5.41) is 14.3. The number of benzene rings is 3. The quantitative estimate of drug-likeness (QED) is 0.328. The van der Waals surface area contributed by atoms with Crippen LogP contribution in [0.5, 0.6) is 0 Å². The van der Waals surface area contributed by atoms with E-state index in [1.807, 2.05) is 0 Å². The molecule has 0 fully saturated rings. The van der Waals surface area contributed by atoms with E-state index in [-0.39, 0.29) is 32.5 Å². The summed E-state index contributed by atoms with van der Waals surface area (Å²) in [6.45, 7) is 1.70. The molecule has 0 saturated heterocycles. The molecule has 0 radical (unpaired) electrons. The van der Waals surface area contributed by atoms with Gasteiger partial charge in [0.25, 0.3) is 17.2 Å². The van der Waals surface area contributed by atoms with Gasteiger partial charge in [-0.1, -0.05) is 35.3 Å². The fourth-order valence-electron chi connectivity index (χ4n) is 3.29. The minimum absolute atomic E-state index is 0.0474. The molecule has 1 N–H and O–H groups in total. The van der Waals surface area contributed by atoms with Crippen molar-refractivity contribution < 1.29 is 9.72 Å². The summed E-state index contributed by atoms with van der Waals surface area (Å²) < 4.78 is 1.41. The van der Waals surface area contributed by atoms with Crippen LogP contribution in [0.15, 0.2) is 65.5 Å². The summed E-state index contributed by atoms with van der Waals surface area (Å²) in [5.74, 6) is -0.228. The van der Waals surface area contributed by atoms with Crippen LogP contribution in [-0.2, 0) is 0 Å². The molecule has 0 aliphatic rings. The van der Waals surface area contributed by atoms with Gasteiger partial charge in [-0.15, -0.1) is 0 Å². The van der Waals surface area contributed by atoms with Gasteiger partial charge in [-0.2, -0.15) is 0 Å². The van der Waals surface area contributed by atoms with Crippen molar-refractivity contribution in [1.29, 1.82) is 0 Å². The van der Waals surface area contributed by atoms with E-state index in [0.717, 1.165) is 6.07 Å². The molecule has 8 nitrogen and oxygen atoms in total. The fourth-order valence-corrected chi connectivity index (χ4v) is 3.65. The Labute approximate surface area is 191 Å². The van der Waals surface area contributed by atoms with Crippen molar-refractivity contribution in [2.24, 2.45) is 0 Å². The number of carbonyl (C=O) groups excluding carboxylic acids is 1. The predicted molar refractivity (Wildman–Crippen MR) is 123 cm³/mol. The summed E-state index contributed by atoms with van der Waals surface area (Å²) in [6, 6.07) is 15.2. The average Bonchev–Trinajstić information content (AvgIpc) is 2.76. The van der Waals surface area contributed by atoms with Gasteiger partial charge in [-0.3, -0.25) is 24.3 Å². The van der Waals surface area contributed by atoms with Crippen LogP contribution in [0.2, 0.25) is 10.0 Å². The van der Waals surface area contributed by atoms with E-state index < -0.39 is 10.8 Å². The Bertz CT molecular complexity index is 1470. The van der Waals surface area contributed by atoms with Crippen molar-refractivity contribution in [2.45, 2.75) is 6.92 Å². The number of rotatable bonds is 4. The molecule has 1 aromatic heterocycles. The van der Waals surface area contributed by atoms with Crippen LogP contribution < -0.4 is 10.9 Å². The second-order valence-corrected chi connectivity index (χ2v) is 7.67. The Balaban J connectivity index is 1.76. The predicted octanol–water partition coefficient (Wildman–Crippen LogP) is 5.16. The van der Waals surface area contributed by atoms with Crippen molar-refractivity contribution in [3.63, 3.8) is 0 Å². The summed E-state index contributed by atoms with van der Waals surface area (Å²) >= 11 is 12.3. The fraction of sp³-hybridized carbons (Fsp3) is 0.0455. The van der Waals surface area contributed by atoms with Crippen LogP contribution in [0.4, 0.5) is 11.4 Å². The Morgan fingerprint density at radius 1 is 1.06 bits per heavy atom. The average molecular weight is 469 g/mol. The van der Waals surface area contributed by atoms with Crippen LogP contribution in [-0.4, -0.2) is 20.4 Å². The molecule has 0 spiro atoms. The standard InChI is InChI=1S/C22H14Cl2N4O4/c1-12-25-19-5-3-2-4-15(19)22(30)27(12)13-6-9-18(24)20(11-13)26-21(29)16-10-14(28(31)32)7-8-17(16)23/h2-11H,1H3,(H,26,29). The Morgan fingerprint density at radius 2 is 1.78 bits per heavy atom. The van der Waals surface area contributed by atoms with E-state index in [1.54, 1.807) is 37.3 Å². The highest BCUT2D eigenvalue weighted by atomic mass is 35.5. The lowest BCUT2D eigenvalue weighted by Gasteiger charge is -2.14. The Hall–Kier alpha value is -3.75. The van der Waals surface area contributed by atoms with E-state index in [2.05, 4.69) is 10.3 Å². The number of aromatic nitrogens is 2. The lowest BCUT2D eigenvalue weighted by Crippen LogP contribution is -2.22. The van der Waals surface area contributed by atoms with Crippen LogP contribution in [0.25, 0.3) is 16.6 Å². The third-order valence-corrected chi connectivity index (χ3v) is 5.46. The zero-order valence-electron chi connectivity index (χ0n) is 16.5. The molecule has 32 heavy (non-hydrogen) atoms. The van der Waals surface area contributed by atoms with Gasteiger partial charge in [0.1, 0.15) is 5.82 Å². The molecule has 1 heterocycles. The molecule has 160 valence electrons. The molecule has 10 heteroatoms. The minimum Gasteiger partial charge on any atom is -0.321 e. The molecule has 4 rings (SSSR count). The van der Waals surface area contributed by atoms with E-state index in [1.165, 1.54) is 28.8 Å². The topological polar surface area (TPSA) is 107 Å². The largest absolute Gasteiger partial charge is 0.321 e. The lowest BCUT2D eigenvalue weighted by molar-refractivity contribution is -0.384. The van der Waals surface area contributed by atoms with E-state index in [0.29, 0.717) is 22.4 Å². The van der Waals surface area contributed by atoms with Gasteiger partial charge < -0.3 is 5.32 Å². The van der Waals surface area contributed by atoms with E-state index in [4.69, 9.17) is 23.2 Å². The van der Waals surface area contributed by atoms with Crippen molar-refractivity contribution in [3.8, 4) is 5.69 Å². The number of fused-ring (bicyclic) bond motifs is 1. The number of nitro benzene ring substituents is 1. The summed E-state index contributed by atoms with van der Waals surface area (Å²) in [5.41, 5.74) is 0.599. The summed E-state index contributed by atoms with van der Waals surface area (Å²) in [6.07, 6.45) is 0. The molecular formula is C22H14Cl2N4O4. The smallest absolute Gasteiger partial charge is 0.270 e. The van der Waals surface area contributed by atoms with Crippen molar-refractivity contribution in [3.05, 3.63) is 103 Å². The van der Waals surface area contributed by atoms with Crippen molar-refractivity contribution in [1.82, 2.24) is 9.55 Å². The number of amides is 1. The number of nitrogens with zero attached hydrogens (tertiary/aromatic N) is 3. The Kier molecular flexibility index (Phi) is 5.65. The number of nitrogens with one attached hydrogen (secondary N) is 1. The number of hydrogen-bond acceptors (Lipinski definition) is 5. The van der Waals surface area contributed by atoms with E-state index >= 15 is 0 Å². The zero-order valence-corrected chi connectivity index (χ0v) is 18.0. The highest BCUT2D eigenvalue weighted by Gasteiger charge is 2.18. The number of aryl methyl sites for hydroxylation is 1. The first-order valence-corrected chi connectivity index (χ1v) is 10.1. The summed E-state index contributed by atoms with van der Waals surface area (Å²) in [7, 11) is 0. The number of para-hydroxylation sites is 1. The maximum atomic E-state index is 13.1. The van der Waals surface area contributed by atoms with Crippen LogP contribution in [0.3, 0.4) is 0 Å². The third kappa shape index (κ3) is 3.93. The molecule has 0 bridgehead atoms. The van der Waals surface area contributed by atoms with Gasteiger partial charge in [-0.05, 0) is 43.3 Å². The highest BCUT2D eigenvalue weighted by Crippen LogP contribution is 2.28. The first-order valence-electron chi connectivity index (χ1n) is 9.30. The van der Waals surface area contributed by atoms with E-state index in [9.17, 15) is 19.7 Å². The van der Waals surface area contributed by atoms with Gasteiger partial charge in [-0.25, -0.2) is 4.98 Å². The van der Waals surface area contributed by atoms with Gasteiger partial charge in [0.2, 0.25) is 0 Å². The van der Waals surface area contributed by atoms with Crippen LogP contribution in [0.1, 0.15) is 16.2 Å². The molecule has 0 unspecified atom stereocenters. The molecular weight excluding hydrogens is 455 g/mol. The second-order valence-electron chi connectivity index (χ2n) is 6.86. The van der Waals surface area contributed by atoms with Gasteiger partial charge in [0.05, 0.1) is 42.8 Å². The molecule has 4 aromatic rings. The first kappa shape index (κ1) is 21.5. The minimum atomic E-state index is -0.682. The number of hydrogen-bond donors (Lipinski definition) is 1. The van der Waals surface area contributed by atoms with Gasteiger partial charge in [0.15, 0.2) is 0 Å². The zero-order chi connectivity index (χ0) is 23.0. The van der Waals surface area contributed by atoms with Gasteiger partial charge in [0, 0.05) is 12.1 Å². The monoisotopic (exact) mass is 468 g/mol. The van der Waals surface area contributed by atoms with Crippen molar-refractivity contribution in [2.75, 3.05) is 5.32 Å². The van der Waals surface area contributed by atoms with Crippen LogP contribution in [0, 0.1) is 17.0 Å². The number of halogens is 2. The maximum Gasteiger partial charge on any atom is 0.270 e. The van der Waals surface area contributed by atoms with Crippen LogP contribution >= 0.6 is 23.2 Å².